The van der Waals surface area contributed by atoms with E-state index in [2.05, 4.69) is 260 Å². The summed E-state index contributed by atoms with van der Waals surface area (Å²) in [5.74, 6) is 0. The van der Waals surface area contributed by atoms with Crippen LogP contribution in [-0.2, 0) is 5.41 Å². The van der Waals surface area contributed by atoms with E-state index in [0.717, 1.165) is 50.3 Å². The van der Waals surface area contributed by atoms with Crippen LogP contribution >= 0.6 is 0 Å². The zero-order chi connectivity index (χ0) is 43.6. The number of aromatic nitrogens is 1. The summed E-state index contributed by atoms with van der Waals surface area (Å²) < 4.78 is 0. The van der Waals surface area contributed by atoms with Gasteiger partial charge in [0.15, 0.2) is 0 Å². The van der Waals surface area contributed by atoms with E-state index in [1.807, 2.05) is 0 Å². The van der Waals surface area contributed by atoms with Crippen molar-refractivity contribution in [1.29, 1.82) is 0 Å². The maximum Gasteiger partial charge on any atom is 0.0737 e. The third-order valence-corrected chi connectivity index (χ3v) is 13.9. The van der Waals surface area contributed by atoms with Gasteiger partial charge in [-0.3, -0.25) is 0 Å². The van der Waals surface area contributed by atoms with E-state index in [0.29, 0.717) is 0 Å². The lowest BCUT2D eigenvalue weighted by Crippen LogP contribution is -2.26. The molecular formula is C64H42N2. The smallest absolute Gasteiger partial charge is 0.0737 e. The summed E-state index contributed by atoms with van der Waals surface area (Å²) in [7, 11) is 0. The molecule has 2 heteroatoms. The zero-order valence-corrected chi connectivity index (χ0v) is 36.1. The molecule has 0 fully saturated rings. The van der Waals surface area contributed by atoms with Crippen LogP contribution in [0.15, 0.2) is 255 Å². The Balaban J connectivity index is 1.02. The second-order valence-electron chi connectivity index (χ2n) is 17.4. The van der Waals surface area contributed by atoms with Crippen molar-refractivity contribution in [3.05, 3.63) is 277 Å². The van der Waals surface area contributed by atoms with Crippen molar-refractivity contribution >= 4 is 28.0 Å². The molecule has 0 N–H and O–H groups in total. The standard InChI is InChI=1S/C64H42N2/c1-3-17-43(18-4-1)45-31-33-47(34-32-45)56-42-62(65-61-29-15-10-24-54(56)61)55-25-11-16-30-63(55)66(48-37-35-46(36-38-48)44-19-5-2-6-20-44)49-39-40-53-52-23-9-14-28-59(52)64(60(53)41-49)57-26-12-7-21-50(57)51-22-8-13-27-58(51)64/h1-42H. The molecule has 13 rings (SSSR count). The fourth-order valence-electron chi connectivity index (χ4n) is 11.0. The lowest BCUT2D eigenvalue weighted by molar-refractivity contribution is 0.793. The molecule has 66 heavy (non-hydrogen) atoms. The molecule has 1 spiro atoms. The number of anilines is 3. The van der Waals surface area contributed by atoms with Crippen molar-refractivity contribution in [3.8, 4) is 66.9 Å². The molecule has 0 atom stereocenters. The van der Waals surface area contributed by atoms with Gasteiger partial charge in [0, 0.05) is 22.3 Å². The number of hydrogen-bond donors (Lipinski definition) is 0. The fourth-order valence-corrected chi connectivity index (χ4v) is 11.0. The molecule has 0 amide bonds. The molecule has 2 aliphatic rings. The highest BCUT2D eigenvalue weighted by Gasteiger charge is 2.51. The van der Waals surface area contributed by atoms with Gasteiger partial charge in [-0.1, -0.05) is 212 Å². The molecule has 0 saturated carbocycles. The average molecular weight is 839 g/mol. The number of nitrogens with zero attached hydrogens (tertiary/aromatic N) is 2. The third kappa shape index (κ3) is 5.85. The van der Waals surface area contributed by atoms with Crippen molar-refractivity contribution in [2.24, 2.45) is 0 Å². The Morgan fingerprint density at radius 2 is 0.727 bits per heavy atom. The van der Waals surface area contributed by atoms with Crippen LogP contribution in [0.2, 0.25) is 0 Å². The van der Waals surface area contributed by atoms with Crippen molar-refractivity contribution in [2.75, 3.05) is 4.90 Å². The second kappa shape index (κ2) is 15.3. The third-order valence-electron chi connectivity index (χ3n) is 13.9. The molecule has 10 aromatic carbocycles. The van der Waals surface area contributed by atoms with Crippen LogP contribution in [0.25, 0.3) is 77.8 Å². The van der Waals surface area contributed by atoms with Gasteiger partial charge in [-0.2, -0.15) is 0 Å². The Labute approximate surface area is 385 Å². The van der Waals surface area contributed by atoms with Crippen molar-refractivity contribution < 1.29 is 0 Å². The minimum atomic E-state index is -0.470. The molecule has 2 aliphatic carbocycles. The van der Waals surface area contributed by atoms with E-state index in [-0.39, 0.29) is 0 Å². The molecule has 0 saturated heterocycles. The molecule has 2 nitrogen and oxygen atoms in total. The molecule has 0 unspecified atom stereocenters. The first-order valence-corrected chi connectivity index (χ1v) is 22.8. The lowest BCUT2D eigenvalue weighted by atomic mass is 9.70. The number of pyridine rings is 1. The molecule has 0 aliphatic heterocycles. The van der Waals surface area contributed by atoms with Gasteiger partial charge >= 0.3 is 0 Å². The van der Waals surface area contributed by atoms with Crippen LogP contribution in [0.1, 0.15) is 22.3 Å². The van der Waals surface area contributed by atoms with Gasteiger partial charge in [-0.25, -0.2) is 4.98 Å². The quantitative estimate of drug-likeness (QED) is 0.159. The minimum absolute atomic E-state index is 0.470. The highest BCUT2D eigenvalue weighted by atomic mass is 15.1. The van der Waals surface area contributed by atoms with Crippen LogP contribution in [0.3, 0.4) is 0 Å². The first kappa shape index (κ1) is 37.9. The second-order valence-corrected chi connectivity index (χ2v) is 17.4. The normalized spacial score (nSPS) is 12.7. The maximum absolute atomic E-state index is 5.45. The number of para-hydroxylation sites is 2. The summed E-state index contributed by atoms with van der Waals surface area (Å²) >= 11 is 0. The maximum atomic E-state index is 5.45. The molecule has 1 heterocycles. The van der Waals surface area contributed by atoms with Gasteiger partial charge in [0.05, 0.1) is 22.3 Å². The Kier molecular flexibility index (Phi) is 8.79. The van der Waals surface area contributed by atoms with Gasteiger partial charge in [0.2, 0.25) is 0 Å². The number of fused-ring (bicyclic) bond motifs is 11. The van der Waals surface area contributed by atoms with Crippen LogP contribution in [0, 0.1) is 0 Å². The van der Waals surface area contributed by atoms with E-state index < -0.39 is 5.41 Å². The van der Waals surface area contributed by atoms with Crippen LogP contribution in [-0.4, -0.2) is 4.98 Å². The Hall–Kier alpha value is -8.59. The predicted molar refractivity (Wildman–Crippen MR) is 274 cm³/mol. The van der Waals surface area contributed by atoms with E-state index in [1.165, 1.54) is 66.8 Å². The summed E-state index contributed by atoms with van der Waals surface area (Å²) in [5, 5.41) is 1.13. The Morgan fingerprint density at radius 1 is 0.288 bits per heavy atom. The predicted octanol–water partition coefficient (Wildman–Crippen LogP) is 16.7. The number of hydrogen-bond acceptors (Lipinski definition) is 2. The van der Waals surface area contributed by atoms with Crippen molar-refractivity contribution in [1.82, 2.24) is 4.98 Å². The van der Waals surface area contributed by atoms with Gasteiger partial charge in [0.1, 0.15) is 0 Å². The highest BCUT2D eigenvalue weighted by Crippen LogP contribution is 2.63. The van der Waals surface area contributed by atoms with Gasteiger partial charge in [-0.05, 0) is 120 Å². The van der Waals surface area contributed by atoms with Crippen molar-refractivity contribution in [2.45, 2.75) is 5.41 Å². The Bertz CT molecular complexity index is 3570. The highest BCUT2D eigenvalue weighted by molar-refractivity contribution is 6.00. The summed E-state index contributed by atoms with van der Waals surface area (Å²) in [6.45, 7) is 0. The van der Waals surface area contributed by atoms with Crippen LogP contribution in [0.5, 0.6) is 0 Å². The van der Waals surface area contributed by atoms with E-state index in [9.17, 15) is 0 Å². The van der Waals surface area contributed by atoms with Gasteiger partial charge in [0.25, 0.3) is 0 Å². The summed E-state index contributed by atoms with van der Waals surface area (Å²) in [6.07, 6.45) is 0. The van der Waals surface area contributed by atoms with Crippen LogP contribution < -0.4 is 4.90 Å². The summed E-state index contributed by atoms with van der Waals surface area (Å²) in [6, 6.07) is 93.1. The van der Waals surface area contributed by atoms with Crippen molar-refractivity contribution in [3.63, 3.8) is 0 Å². The average Bonchev–Trinajstić information content (AvgIpc) is 3.86. The first-order chi connectivity index (χ1) is 32.7. The molecular weight excluding hydrogens is 797 g/mol. The molecule has 0 radical (unpaired) electrons. The van der Waals surface area contributed by atoms with Gasteiger partial charge in [-0.15, -0.1) is 0 Å². The molecule has 1 aromatic heterocycles. The molecule has 0 bridgehead atoms. The fraction of sp³-hybridized carbons (Fsp3) is 0.0156. The Morgan fingerprint density at radius 3 is 1.33 bits per heavy atom. The largest absolute Gasteiger partial charge is 0.310 e. The minimum Gasteiger partial charge on any atom is -0.310 e. The van der Waals surface area contributed by atoms with E-state index >= 15 is 0 Å². The zero-order valence-electron chi connectivity index (χ0n) is 36.1. The molecule has 11 aromatic rings. The van der Waals surface area contributed by atoms with Crippen LogP contribution in [0.4, 0.5) is 17.1 Å². The first-order valence-electron chi connectivity index (χ1n) is 22.8. The van der Waals surface area contributed by atoms with E-state index in [4.69, 9.17) is 4.98 Å². The monoisotopic (exact) mass is 838 g/mol. The number of benzene rings is 10. The summed E-state index contributed by atoms with van der Waals surface area (Å²) in [5.41, 5.74) is 23.2. The van der Waals surface area contributed by atoms with E-state index in [1.54, 1.807) is 0 Å². The summed E-state index contributed by atoms with van der Waals surface area (Å²) in [4.78, 5) is 7.89. The van der Waals surface area contributed by atoms with Gasteiger partial charge < -0.3 is 4.90 Å². The molecule has 308 valence electrons. The lowest BCUT2D eigenvalue weighted by Gasteiger charge is -2.32. The topological polar surface area (TPSA) is 16.1 Å². The number of rotatable bonds is 7. The SMILES string of the molecule is c1ccc(-c2ccc(-c3cc(-c4ccccc4N(c4ccc(-c5ccccc5)cc4)c4ccc5c(c4)C4(c6ccccc6-c6ccccc64)c4ccccc4-5)nc4ccccc34)cc2)cc1.